The molecule has 0 radical (unpaired) electrons. The standard InChI is InChI=1S/C14H12ClNO/c1-3-6-12(11(2)15)8-9-14(17)13-7-4-5-10-16-13/h3-10H,1-2H2/b9-8+,12-6-. The number of carbonyl (C=O) groups is 1. The highest BCUT2D eigenvalue weighted by Crippen LogP contribution is 2.14. The monoisotopic (exact) mass is 245 g/mol. The average molecular weight is 246 g/mol. The number of halogens is 1. The van der Waals surface area contributed by atoms with Crippen molar-refractivity contribution in [2.75, 3.05) is 0 Å². The van der Waals surface area contributed by atoms with E-state index in [9.17, 15) is 4.79 Å². The SMILES string of the molecule is C=C/C=C(/C=C/C(=O)c1ccccn1)C(=C)Cl. The van der Waals surface area contributed by atoms with Gasteiger partial charge in [-0.3, -0.25) is 9.78 Å². The summed E-state index contributed by atoms with van der Waals surface area (Å²) >= 11 is 5.76. The van der Waals surface area contributed by atoms with Crippen molar-refractivity contribution in [3.05, 3.63) is 78.2 Å². The first kappa shape index (κ1) is 13.1. The van der Waals surface area contributed by atoms with Crippen LogP contribution in [0.4, 0.5) is 0 Å². The lowest BCUT2D eigenvalue weighted by Gasteiger charge is -1.97. The molecule has 0 N–H and O–H groups in total. The van der Waals surface area contributed by atoms with Gasteiger partial charge in [-0.05, 0) is 29.9 Å². The molecule has 0 spiro atoms. The molecule has 17 heavy (non-hydrogen) atoms. The van der Waals surface area contributed by atoms with E-state index < -0.39 is 0 Å². The zero-order valence-corrected chi connectivity index (χ0v) is 10.0. The van der Waals surface area contributed by atoms with Gasteiger partial charge in [0, 0.05) is 11.2 Å². The van der Waals surface area contributed by atoms with E-state index in [1.165, 1.54) is 6.08 Å². The maximum Gasteiger partial charge on any atom is 0.204 e. The lowest BCUT2D eigenvalue weighted by molar-refractivity contribution is 0.104. The van der Waals surface area contributed by atoms with Gasteiger partial charge in [0.05, 0.1) is 0 Å². The molecule has 1 aromatic rings. The van der Waals surface area contributed by atoms with Gasteiger partial charge in [-0.25, -0.2) is 0 Å². The summed E-state index contributed by atoms with van der Waals surface area (Å²) in [5, 5.41) is 0.356. The summed E-state index contributed by atoms with van der Waals surface area (Å²) in [5.41, 5.74) is 1.04. The Hall–Kier alpha value is -1.93. The van der Waals surface area contributed by atoms with Crippen molar-refractivity contribution in [2.45, 2.75) is 0 Å². The number of carbonyl (C=O) groups excluding carboxylic acids is 1. The lowest BCUT2D eigenvalue weighted by atomic mass is 10.1. The molecule has 0 aliphatic rings. The van der Waals surface area contributed by atoms with Crippen LogP contribution < -0.4 is 0 Å². The fraction of sp³-hybridized carbons (Fsp3) is 0. The molecule has 3 heteroatoms. The number of rotatable bonds is 5. The molecule has 0 bridgehead atoms. The predicted molar refractivity (Wildman–Crippen MR) is 71.0 cm³/mol. The van der Waals surface area contributed by atoms with Crippen molar-refractivity contribution in [2.24, 2.45) is 0 Å². The molecule has 0 atom stereocenters. The largest absolute Gasteiger partial charge is 0.288 e. The molecule has 1 aromatic heterocycles. The minimum absolute atomic E-state index is 0.182. The van der Waals surface area contributed by atoms with Gasteiger partial charge in [0.15, 0.2) is 0 Å². The molecular weight excluding hydrogens is 234 g/mol. The minimum atomic E-state index is -0.182. The Labute approximate surface area is 106 Å². The molecule has 0 unspecified atom stereocenters. The molecule has 0 aliphatic heterocycles. The third-order valence-electron chi connectivity index (χ3n) is 1.94. The second-order valence-corrected chi connectivity index (χ2v) is 3.63. The molecule has 0 saturated heterocycles. The molecule has 1 rings (SSSR count). The molecule has 2 nitrogen and oxygen atoms in total. The van der Waals surface area contributed by atoms with Crippen LogP contribution in [0, 0.1) is 0 Å². The summed E-state index contributed by atoms with van der Waals surface area (Å²) < 4.78 is 0. The Morgan fingerprint density at radius 1 is 1.35 bits per heavy atom. The van der Waals surface area contributed by atoms with E-state index >= 15 is 0 Å². The van der Waals surface area contributed by atoms with Gasteiger partial charge in [0.2, 0.25) is 5.78 Å². The van der Waals surface area contributed by atoms with Crippen molar-refractivity contribution >= 4 is 17.4 Å². The summed E-state index contributed by atoms with van der Waals surface area (Å²) in [5.74, 6) is -0.182. The predicted octanol–water partition coefficient (Wildman–Crippen LogP) is 3.69. The highest BCUT2D eigenvalue weighted by atomic mass is 35.5. The molecule has 0 aromatic carbocycles. The Kier molecular flexibility index (Phi) is 5.11. The van der Waals surface area contributed by atoms with Gasteiger partial charge in [0.25, 0.3) is 0 Å². The first-order chi connectivity index (χ1) is 8.15. The molecule has 86 valence electrons. The first-order valence-electron chi connectivity index (χ1n) is 4.96. The van der Waals surface area contributed by atoms with Gasteiger partial charge in [-0.2, -0.15) is 0 Å². The van der Waals surface area contributed by atoms with Crippen molar-refractivity contribution in [1.29, 1.82) is 0 Å². The van der Waals surface area contributed by atoms with Crippen LogP contribution in [0.1, 0.15) is 10.5 Å². The number of hydrogen-bond acceptors (Lipinski definition) is 2. The summed E-state index contributed by atoms with van der Waals surface area (Å²) in [7, 11) is 0. The molecule has 0 aliphatic carbocycles. The fourth-order valence-corrected chi connectivity index (χ4v) is 1.25. The number of hydrogen-bond donors (Lipinski definition) is 0. The number of allylic oxidation sites excluding steroid dienone is 6. The van der Waals surface area contributed by atoms with E-state index in [4.69, 9.17) is 11.6 Å². The van der Waals surface area contributed by atoms with Crippen molar-refractivity contribution in [3.8, 4) is 0 Å². The van der Waals surface area contributed by atoms with E-state index in [1.807, 2.05) is 0 Å². The van der Waals surface area contributed by atoms with Crippen LogP contribution in [0.15, 0.2) is 72.5 Å². The van der Waals surface area contributed by atoms with E-state index in [0.29, 0.717) is 16.3 Å². The van der Waals surface area contributed by atoms with Gasteiger partial charge in [-0.15, -0.1) is 0 Å². The van der Waals surface area contributed by atoms with Crippen LogP contribution in [0.3, 0.4) is 0 Å². The van der Waals surface area contributed by atoms with Crippen molar-refractivity contribution in [3.63, 3.8) is 0 Å². The lowest BCUT2D eigenvalue weighted by Crippen LogP contribution is -1.97. The van der Waals surface area contributed by atoms with Gasteiger partial charge >= 0.3 is 0 Å². The Bertz CT molecular complexity index is 486. The average Bonchev–Trinajstić information content (AvgIpc) is 2.34. The minimum Gasteiger partial charge on any atom is -0.288 e. The van der Waals surface area contributed by atoms with E-state index in [2.05, 4.69) is 18.1 Å². The fourth-order valence-electron chi connectivity index (χ4n) is 1.12. The summed E-state index contributed by atoms with van der Waals surface area (Å²) in [6.45, 7) is 7.16. The van der Waals surface area contributed by atoms with E-state index in [1.54, 1.807) is 42.6 Å². The third-order valence-corrected chi connectivity index (χ3v) is 2.16. The van der Waals surface area contributed by atoms with E-state index in [-0.39, 0.29) is 5.78 Å². The van der Waals surface area contributed by atoms with Crippen LogP contribution in [-0.2, 0) is 0 Å². The topological polar surface area (TPSA) is 30.0 Å². The quantitative estimate of drug-likeness (QED) is 0.450. The molecular formula is C14H12ClNO. The van der Waals surface area contributed by atoms with Gasteiger partial charge in [-0.1, -0.05) is 43.0 Å². The zero-order valence-electron chi connectivity index (χ0n) is 9.27. The first-order valence-corrected chi connectivity index (χ1v) is 5.34. The molecule has 1 heterocycles. The summed E-state index contributed by atoms with van der Waals surface area (Å²) in [6.07, 6.45) is 7.83. The highest BCUT2D eigenvalue weighted by Gasteiger charge is 2.02. The van der Waals surface area contributed by atoms with E-state index in [0.717, 1.165) is 0 Å². The summed E-state index contributed by atoms with van der Waals surface area (Å²) in [6, 6.07) is 5.16. The number of pyridine rings is 1. The Balaban J connectivity index is 2.84. The van der Waals surface area contributed by atoms with Gasteiger partial charge in [0.1, 0.15) is 5.69 Å². The van der Waals surface area contributed by atoms with Crippen molar-refractivity contribution < 1.29 is 4.79 Å². The molecule has 0 amide bonds. The van der Waals surface area contributed by atoms with Crippen LogP contribution >= 0.6 is 11.6 Å². The Morgan fingerprint density at radius 3 is 2.65 bits per heavy atom. The highest BCUT2D eigenvalue weighted by molar-refractivity contribution is 6.32. The second kappa shape index (κ2) is 6.61. The molecule has 0 saturated carbocycles. The van der Waals surface area contributed by atoms with Crippen LogP contribution in [0.5, 0.6) is 0 Å². The maximum atomic E-state index is 11.7. The summed E-state index contributed by atoms with van der Waals surface area (Å²) in [4.78, 5) is 15.7. The Morgan fingerprint density at radius 2 is 2.12 bits per heavy atom. The van der Waals surface area contributed by atoms with Crippen LogP contribution in [-0.4, -0.2) is 10.8 Å². The zero-order chi connectivity index (χ0) is 12.7. The number of nitrogens with zero attached hydrogens (tertiary/aromatic N) is 1. The smallest absolute Gasteiger partial charge is 0.204 e. The van der Waals surface area contributed by atoms with Crippen LogP contribution in [0.2, 0.25) is 0 Å². The van der Waals surface area contributed by atoms with Crippen molar-refractivity contribution in [1.82, 2.24) is 4.98 Å². The number of ketones is 1. The third kappa shape index (κ3) is 4.21. The maximum absolute atomic E-state index is 11.7. The second-order valence-electron chi connectivity index (χ2n) is 3.18. The normalized spacial score (nSPS) is 11.5. The van der Waals surface area contributed by atoms with Crippen LogP contribution in [0.25, 0.3) is 0 Å². The molecule has 0 fully saturated rings. The number of aromatic nitrogens is 1. The van der Waals surface area contributed by atoms with Gasteiger partial charge < -0.3 is 0 Å².